The average molecular weight is 414 g/mol. The van der Waals surface area contributed by atoms with Crippen LogP contribution in [-0.4, -0.2) is 26.8 Å². The summed E-state index contributed by atoms with van der Waals surface area (Å²) in [5.74, 6) is -1.56. The number of carbonyl (C=O) groups excluding carboxylic acids is 1. The van der Waals surface area contributed by atoms with Gasteiger partial charge in [-0.15, -0.1) is 0 Å². The zero-order valence-corrected chi connectivity index (χ0v) is 16.4. The van der Waals surface area contributed by atoms with Gasteiger partial charge in [0.15, 0.2) is 0 Å². The lowest BCUT2D eigenvalue weighted by atomic mass is 10.2. The first-order valence-corrected chi connectivity index (χ1v) is 9.29. The SMILES string of the molecule is CC(C)CNC(=O)c1nn(-c2ccc(F)cc2)c(=O)n(Cc2ccc(F)cc2)c1=O. The number of amides is 1. The molecular weight excluding hydrogens is 394 g/mol. The summed E-state index contributed by atoms with van der Waals surface area (Å²) in [4.78, 5) is 38.4. The summed E-state index contributed by atoms with van der Waals surface area (Å²) in [6, 6.07) is 10.2. The predicted octanol–water partition coefficient (Wildman–Crippen LogP) is 2.11. The summed E-state index contributed by atoms with van der Waals surface area (Å²) in [5.41, 5.74) is -1.48. The minimum Gasteiger partial charge on any atom is -0.350 e. The molecule has 9 heteroatoms. The molecule has 1 heterocycles. The lowest BCUT2D eigenvalue weighted by Gasteiger charge is -2.13. The highest BCUT2D eigenvalue weighted by molar-refractivity contribution is 5.91. The summed E-state index contributed by atoms with van der Waals surface area (Å²) in [6.07, 6.45) is 0. The van der Waals surface area contributed by atoms with Crippen LogP contribution < -0.4 is 16.6 Å². The van der Waals surface area contributed by atoms with E-state index in [-0.39, 0.29) is 18.2 Å². The van der Waals surface area contributed by atoms with E-state index in [0.29, 0.717) is 12.1 Å². The van der Waals surface area contributed by atoms with Crippen molar-refractivity contribution in [3.8, 4) is 5.69 Å². The summed E-state index contributed by atoms with van der Waals surface area (Å²) >= 11 is 0. The molecule has 1 amide bonds. The van der Waals surface area contributed by atoms with Crippen LogP contribution in [0.1, 0.15) is 29.9 Å². The van der Waals surface area contributed by atoms with Crippen LogP contribution in [0, 0.1) is 17.6 Å². The van der Waals surface area contributed by atoms with Gasteiger partial charge in [-0.25, -0.2) is 13.6 Å². The quantitative estimate of drug-likeness (QED) is 0.670. The molecule has 0 radical (unpaired) electrons. The summed E-state index contributed by atoms with van der Waals surface area (Å²) < 4.78 is 28.2. The lowest BCUT2D eigenvalue weighted by Crippen LogP contribution is -2.46. The summed E-state index contributed by atoms with van der Waals surface area (Å²) in [5, 5.41) is 6.55. The molecule has 3 rings (SSSR count). The van der Waals surface area contributed by atoms with E-state index in [4.69, 9.17) is 0 Å². The van der Waals surface area contributed by atoms with Gasteiger partial charge in [-0.3, -0.25) is 14.2 Å². The van der Waals surface area contributed by atoms with Gasteiger partial charge < -0.3 is 5.32 Å². The van der Waals surface area contributed by atoms with Crippen molar-refractivity contribution in [1.29, 1.82) is 0 Å². The second-order valence-corrected chi connectivity index (χ2v) is 7.14. The highest BCUT2D eigenvalue weighted by Gasteiger charge is 2.20. The van der Waals surface area contributed by atoms with Gasteiger partial charge in [0.1, 0.15) is 11.6 Å². The number of rotatable bonds is 6. The van der Waals surface area contributed by atoms with Gasteiger partial charge in [0.05, 0.1) is 12.2 Å². The maximum Gasteiger partial charge on any atom is 0.352 e. The average Bonchev–Trinajstić information content (AvgIpc) is 2.72. The van der Waals surface area contributed by atoms with Crippen molar-refractivity contribution in [2.24, 2.45) is 5.92 Å². The number of aromatic nitrogens is 3. The van der Waals surface area contributed by atoms with E-state index in [1.807, 2.05) is 13.8 Å². The van der Waals surface area contributed by atoms with E-state index in [2.05, 4.69) is 10.4 Å². The van der Waals surface area contributed by atoms with E-state index in [9.17, 15) is 23.2 Å². The van der Waals surface area contributed by atoms with Crippen molar-refractivity contribution in [1.82, 2.24) is 19.7 Å². The third-order valence-electron chi connectivity index (χ3n) is 4.27. The second-order valence-electron chi connectivity index (χ2n) is 7.14. The molecule has 3 aromatic rings. The Kier molecular flexibility index (Phi) is 6.20. The maximum atomic E-state index is 13.3. The van der Waals surface area contributed by atoms with Crippen LogP contribution in [0.15, 0.2) is 58.1 Å². The number of benzene rings is 2. The first-order valence-electron chi connectivity index (χ1n) is 9.29. The smallest absolute Gasteiger partial charge is 0.350 e. The van der Waals surface area contributed by atoms with Crippen LogP contribution in [0.4, 0.5) is 8.78 Å². The van der Waals surface area contributed by atoms with Gasteiger partial charge >= 0.3 is 5.69 Å². The van der Waals surface area contributed by atoms with Crippen LogP contribution in [-0.2, 0) is 6.54 Å². The molecular formula is C21H20F2N4O3. The second kappa shape index (κ2) is 8.81. The van der Waals surface area contributed by atoms with Gasteiger partial charge in [-0.2, -0.15) is 9.78 Å². The van der Waals surface area contributed by atoms with Gasteiger partial charge in [0.2, 0.25) is 5.69 Å². The van der Waals surface area contributed by atoms with E-state index in [0.717, 1.165) is 21.4 Å². The Balaban J connectivity index is 2.14. The highest BCUT2D eigenvalue weighted by atomic mass is 19.1. The number of halogens is 2. The van der Waals surface area contributed by atoms with Crippen LogP contribution in [0.5, 0.6) is 0 Å². The highest BCUT2D eigenvalue weighted by Crippen LogP contribution is 2.07. The van der Waals surface area contributed by atoms with Gasteiger partial charge in [-0.05, 0) is 47.9 Å². The Labute approximate surface area is 170 Å². The Morgan fingerprint density at radius 2 is 1.57 bits per heavy atom. The van der Waals surface area contributed by atoms with Crippen molar-refractivity contribution < 1.29 is 13.6 Å². The molecule has 0 saturated carbocycles. The number of hydrogen-bond donors (Lipinski definition) is 1. The van der Waals surface area contributed by atoms with Crippen LogP contribution >= 0.6 is 0 Å². The Bertz CT molecular complexity index is 1170. The summed E-state index contributed by atoms with van der Waals surface area (Å²) in [6.45, 7) is 3.90. The first-order chi connectivity index (χ1) is 14.3. The molecule has 7 nitrogen and oxygen atoms in total. The number of nitrogens with zero attached hydrogens (tertiary/aromatic N) is 3. The largest absolute Gasteiger partial charge is 0.352 e. The molecule has 0 atom stereocenters. The van der Waals surface area contributed by atoms with Crippen molar-refractivity contribution in [3.63, 3.8) is 0 Å². The predicted molar refractivity (Wildman–Crippen MR) is 107 cm³/mol. The number of nitrogens with one attached hydrogen (secondary N) is 1. The van der Waals surface area contributed by atoms with Gasteiger partial charge in [0.25, 0.3) is 11.5 Å². The molecule has 1 aromatic heterocycles. The minimum atomic E-state index is -0.871. The molecule has 0 spiro atoms. The van der Waals surface area contributed by atoms with Gasteiger partial charge in [0, 0.05) is 6.54 Å². The zero-order chi connectivity index (χ0) is 21.8. The lowest BCUT2D eigenvalue weighted by molar-refractivity contribution is 0.0939. The molecule has 2 aromatic carbocycles. The molecule has 0 aliphatic rings. The fourth-order valence-electron chi connectivity index (χ4n) is 2.70. The van der Waals surface area contributed by atoms with Crippen LogP contribution in [0.3, 0.4) is 0 Å². The molecule has 0 unspecified atom stereocenters. The van der Waals surface area contributed by atoms with E-state index in [1.165, 1.54) is 36.4 Å². The topological polar surface area (TPSA) is 86.0 Å². The maximum absolute atomic E-state index is 13.3. The van der Waals surface area contributed by atoms with Crippen molar-refractivity contribution in [2.75, 3.05) is 6.54 Å². The Hall–Kier alpha value is -3.62. The third kappa shape index (κ3) is 4.68. The first kappa shape index (κ1) is 21.1. The van der Waals surface area contributed by atoms with Crippen molar-refractivity contribution in [2.45, 2.75) is 20.4 Å². The standard InChI is InChI=1S/C21H20F2N4O3/c1-13(2)11-24-19(28)18-20(29)26(12-14-3-5-15(22)6-4-14)21(30)27(25-18)17-9-7-16(23)8-10-17/h3-10,13H,11-12H2,1-2H3,(H,24,28). The molecule has 0 saturated heterocycles. The monoisotopic (exact) mass is 414 g/mol. The molecule has 30 heavy (non-hydrogen) atoms. The normalized spacial score (nSPS) is 11.0. The minimum absolute atomic E-state index is 0.137. The molecule has 0 bridgehead atoms. The van der Waals surface area contributed by atoms with E-state index >= 15 is 0 Å². The van der Waals surface area contributed by atoms with Crippen molar-refractivity contribution >= 4 is 5.91 Å². The fourth-order valence-corrected chi connectivity index (χ4v) is 2.70. The third-order valence-corrected chi connectivity index (χ3v) is 4.27. The Morgan fingerprint density at radius 1 is 1.00 bits per heavy atom. The molecule has 1 N–H and O–H groups in total. The van der Waals surface area contributed by atoms with Crippen LogP contribution in [0.2, 0.25) is 0 Å². The summed E-state index contributed by atoms with van der Waals surface area (Å²) in [7, 11) is 0. The zero-order valence-electron chi connectivity index (χ0n) is 16.4. The Morgan fingerprint density at radius 3 is 2.13 bits per heavy atom. The van der Waals surface area contributed by atoms with Gasteiger partial charge in [-0.1, -0.05) is 26.0 Å². The molecule has 0 aliphatic carbocycles. The fraction of sp³-hybridized carbons (Fsp3) is 0.238. The molecule has 0 aliphatic heterocycles. The molecule has 156 valence electrons. The van der Waals surface area contributed by atoms with Crippen LogP contribution in [0.25, 0.3) is 5.69 Å². The van der Waals surface area contributed by atoms with Crippen molar-refractivity contribution in [3.05, 3.63) is 92.3 Å². The number of carbonyl (C=O) groups is 1. The number of hydrogen-bond acceptors (Lipinski definition) is 4. The van der Waals surface area contributed by atoms with E-state index in [1.54, 1.807) is 0 Å². The molecule has 0 fully saturated rings. The van der Waals surface area contributed by atoms with E-state index < -0.39 is 34.5 Å².